The molecule has 0 bridgehead atoms. The van der Waals surface area contributed by atoms with Gasteiger partial charge in [-0.15, -0.1) is 0 Å². The molecule has 1 aliphatic rings. The number of ether oxygens (including phenoxy) is 1. The Labute approximate surface area is 124 Å². The van der Waals surface area contributed by atoms with Gasteiger partial charge < -0.3 is 19.9 Å². The van der Waals surface area contributed by atoms with Crippen LogP contribution in [0.1, 0.15) is 0 Å². The average molecular weight is 337 g/mol. The summed E-state index contributed by atoms with van der Waals surface area (Å²) in [5.74, 6) is 1.05. The quantitative estimate of drug-likeness (QED) is 0.861. The Kier molecular flexibility index (Phi) is 2.93. The second kappa shape index (κ2) is 4.52. The first kappa shape index (κ1) is 13.0. The van der Waals surface area contributed by atoms with Gasteiger partial charge in [0.1, 0.15) is 10.4 Å². The first-order valence-electron chi connectivity index (χ1n) is 6.00. The Morgan fingerprint density at radius 2 is 2.15 bits per heavy atom. The Bertz CT molecular complexity index is 711. The van der Waals surface area contributed by atoms with Gasteiger partial charge in [0.15, 0.2) is 6.61 Å². The van der Waals surface area contributed by atoms with Gasteiger partial charge in [-0.3, -0.25) is 4.79 Å². The first-order valence-corrected chi connectivity index (χ1v) is 6.80. The maximum absolute atomic E-state index is 11.7. The molecule has 1 amide bonds. The highest BCUT2D eigenvalue weighted by atomic mass is 79.9. The number of carbonyl (C=O) groups excluding carboxylic acids is 1. The van der Waals surface area contributed by atoms with E-state index in [0.29, 0.717) is 16.3 Å². The zero-order valence-corrected chi connectivity index (χ0v) is 12.6. The number of nitrogen functional groups attached to an aromatic ring is 1. The zero-order valence-electron chi connectivity index (χ0n) is 11.1. The fourth-order valence-electron chi connectivity index (χ4n) is 2.21. The molecule has 2 aromatic rings. The smallest absolute Gasteiger partial charge is 0.264 e. The lowest BCUT2D eigenvalue weighted by molar-refractivity contribution is -0.120. The van der Waals surface area contributed by atoms with Crippen LogP contribution in [0, 0.1) is 0 Å². The first-order chi connectivity index (χ1) is 9.49. The molecule has 0 unspecified atom stereocenters. The van der Waals surface area contributed by atoms with Crippen molar-refractivity contribution in [1.29, 1.82) is 0 Å². The van der Waals surface area contributed by atoms with E-state index in [2.05, 4.69) is 20.9 Å². The molecular formula is C13H13BrN4O2. The predicted octanol–water partition coefficient (Wildman–Crippen LogP) is 1.79. The molecule has 104 valence electrons. The van der Waals surface area contributed by atoms with E-state index in [4.69, 9.17) is 10.5 Å². The van der Waals surface area contributed by atoms with Gasteiger partial charge in [0.05, 0.1) is 11.4 Å². The summed E-state index contributed by atoms with van der Waals surface area (Å²) < 4.78 is 7.87. The molecule has 7 heteroatoms. The van der Waals surface area contributed by atoms with E-state index < -0.39 is 0 Å². The van der Waals surface area contributed by atoms with Gasteiger partial charge in [-0.2, -0.15) is 0 Å². The van der Waals surface area contributed by atoms with Crippen LogP contribution < -0.4 is 15.4 Å². The molecule has 0 saturated heterocycles. The number of nitrogens with two attached hydrogens (primary N) is 1. The highest BCUT2D eigenvalue weighted by molar-refractivity contribution is 9.10. The number of amides is 1. The minimum absolute atomic E-state index is 0.0711. The van der Waals surface area contributed by atoms with E-state index in [-0.39, 0.29) is 12.5 Å². The van der Waals surface area contributed by atoms with Crippen molar-refractivity contribution in [3.63, 3.8) is 0 Å². The molecular weight excluding hydrogens is 324 g/mol. The summed E-state index contributed by atoms with van der Waals surface area (Å²) in [7, 11) is 3.58. The van der Waals surface area contributed by atoms with Crippen LogP contribution in [-0.4, -0.2) is 29.1 Å². The number of fused-ring (bicyclic) bond motifs is 1. The van der Waals surface area contributed by atoms with E-state index in [0.717, 1.165) is 16.9 Å². The van der Waals surface area contributed by atoms with Crippen LogP contribution in [0.4, 0.5) is 11.6 Å². The molecule has 6 nitrogen and oxygen atoms in total. The van der Waals surface area contributed by atoms with Crippen molar-refractivity contribution in [2.75, 3.05) is 24.3 Å². The molecule has 0 saturated carbocycles. The molecule has 0 radical (unpaired) electrons. The van der Waals surface area contributed by atoms with Gasteiger partial charge in [-0.05, 0) is 34.1 Å². The molecule has 0 aliphatic carbocycles. The molecule has 1 aromatic carbocycles. The van der Waals surface area contributed by atoms with Crippen molar-refractivity contribution in [2.45, 2.75) is 0 Å². The van der Waals surface area contributed by atoms with E-state index in [1.165, 1.54) is 0 Å². The summed E-state index contributed by atoms with van der Waals surface area (Å²) in [6.07, 6.45) is 0. The molecule has 2 N–H and O–H groups in total. The lowest BCUT2D eigenvalue weighted by Crippen LogP contribution is -2.35. The maximum Gasteiger partial charge on any atom is 0.264 e. The largest absolute Gasteiger partial charge is 0.482 e. The molecule has 2 heterocycles. The molecule has 0 spiro atoms. The van der Waals surface area contributed by atoms with Gasteiger partial charge in [-0.1, -0.05) is 0 Å². The van der Waals surface area contributed by atoms with E-state index >= 15 is 0 Å². The topological polar surface area (TPSA) is 73.4 Å². The van der Waals surface area contributed by atoms with Crippen molar-refractivity contribution in [1.82, 2.24) is 9.55 Å². The van der Waals surface area contributed by atoms with Crippen LogP contribution >= 0.6 is 15.9 Å². The Morgan fingerprint density at radius 3 is 2.80 bits per heavy atom. The Morgan fingerprint density at radius 1 is 1.40 bits per heavy atom. The lowest BCUT2D eigenvalue weighted by atomic mass is 10.1. The predicted molar refractivity (Wildman–Crippen MR) is 79.7 cm³/mol. The van der Waals surface area contributed by atoms with Gasteiger partial charge >= 0.3 is 0 Å². The number of carbonyl (C=O) groups is 1. The number of likely N-dealkylation sites (N-methyl/N-ethyl adjacent to an activating group) is 1. The number of hydrogen-bond donors (Lipinski definition) is 1. The second-order valence-electron chi connectivity index (χ2n) is 4.59. The maximum atomic E-state index is 11.7. The summed E-state index contributed by atoms with van der Waals surface area (Å²) in [4.78, 5) is 17.5. The Hall–Kier alpha value is -2.02. The number of nitrogens with zero attached hydrogens (tertiary/aromatic N) is 3. The molecule has 20 heavy (non-hydrogen) atoms. The van der Waals surface area contributed by atoms with Crippen LogP contribution in [-0.2, 0) is 11.8 Å². The van der Waals surface area contributed by atoms with E-state index in [9.17, 15) is 4.79 Å². The number of benzene rings is 1. The molecule has 3 rings (SSSR count). The monoisotopic (exact) mass is 336 g/mol. The van der Waals surface area contributed by atoms with Gasteiger partial charge in [0, 0.05) is 19.7 Å². The molecule has 0 fully saturated rings. The highest BCUT2D eigenvalue weighted by Crippen LogP contribution is 2.37. The normalized spacial score (nSPS) is 14.2. The summed E-state index contributed by atoms with van der Waals surface area (Å²) >= 11 is 3.40. The van der Waals surface area contributed by atoms with E-state index in [1.54, 1.807) is 16.5 Å². The van der Waals surface area contributed by atoms with Crippen molar-refractivity contribution in [2.24, 2.45) is 7.05 Å². The third kappa shape index (κ3) is 1.85. The summed E-state index contributed by atoms with van der Waals surface area (Å²) in [5.41, 5.74) is 8.31. The van der Waals surface area contributed by atoms with Crippen LogP contribution in [0.25, 0.3) is 11.3 Å². The fraction of sp³-hybridized carbons (Fsp3) is 0.231. The van der Waals surface area contributed by atoms with Gasteiger partial charge in [0.25, 0.3) is 5.91 Å². The minimum Gasteiger partial charge on any atom is -0.482 e. The summed E-state index contributed by atoms with van der Waals surface area (Å²) in [5, 5.41) is 0. The SMILES string of the molecule is CN1C(=O)COc2ccc(-c3c(Br)nc(N)n3C)cc21. The van der Waals surface area contributed by atoms with Crippen molar-refractivity contribution in [3.05, 3.63) is 22.8 Å². The van der Waals surface area contributed by atoms with Crippen molar-refractivity contribution >= 4 is 33.5 Å². The number of anilines is 2. The van der Waals surface area contributed by atoms with Crippen LogP contribution in [0.15, 0.2) is 22.8 Å². The summed E-state index contributed by atoms with van der Waals surface area (Å²) in [6.45, 7) is 0.0746. The highest BCUT2D eigenvalue weighted by Gasteiger charge is 2.23. The third-order valence-electron chi connectivity index (χ3n) is 3.41. The molecule has 1 aliphatic heterocycles. The van der Waals surface area contributed by atoms with Crippen molar-refractivity contribution < 1.29 is 9.53 Å². The van der Waals surface area contributed by atoms with Gasteiger partial charge in [0.2, 0.25) is 5.95 Å². The van der Waals surface area contributed by atoms with Crippen LogP contribution in [0.3, 0.4) is 0 Å². The zero-order chi connectivity index (χ0) is 14.4. The third-order valence-corrected chi connectivity index (χ3v) is 3.96. The number of imidazole rings is 1. The second-order valence-corrected chi connectivity index (χ2v) is 5.34. The van der Waals surface area contributed by atoms with Crippen molar-refractivity contribution in [3.8, 4) is 17.0 Å². The fourth-order valence-corrected chi connectivity index (χ4v) is 2.89. The number of halogens is 1. The number of hydrogen-bond acceptors (Lipinski definition) is 4. The van der Waals surface area contributed by atoms with Crippen LogP contribution in [0.5, 0.6) is 5.75 Å². The van der Waals surface area contributed by atoms with E-state index in [1.807, 2.05) is 25.2 Å². The number of aromatic nitrogens is 2. The minimum atomic E-state index is -0.0711. The molecule has 0 atom stereocenters. The standard InChI is InChI=1S/C13H13BrN4O2/c1-17-8-5-7(3-4-9(8)20-6-10(17)19)11-12(14)16-13(15)18(11)2/h3-5H,6H2,1-2H3,(H2,15,16). The lowest BCUT2D eigenvalue weighted by Gasteiger charge is -2.26. The summed E-state index contributed by atoms with van der Waals surface area (Å²) in [6, 6.07) is 5.67. The Balaban J connectivity index is 2.15. The van der Waals surface area contributed by atoms with Crippen LogP contribution in [0.2, 0.25) is 0 Å². The number of rotatable bonds is 1. The molecule has 1 aromatic heterocycles. The van der Waals surface area contributed by atoms with Gasteiger partial charge in [-0.25, -0.2) is 4.98 Å². The average Bonchev–Trinajstić information content (AvgIpc) is 2.68.